The molecule has 8 nitrogen and oxygen atoms in total. The van der Waals surface area contributed by atoms with Crippen LogP contribution in [-0.2, 0) is 0 Å². The summed E-state index contributed by atoms with van der Waals surface area (Å²) in [6.07, 6.45) is 1.35. The largest absolute Gasteiger partial charge is 0.495 e. The van der Waals surface area contributed by atoms with E-state index in [1.165, 1.54) is 18.5 Å². The average Bonchev–Trinajstić information content (AvgIpc) is 2.65. The van der Waals surface area contributed by atoms with Crippen molar-refractivity contribution < 1.29 is 14.6 Å². The Morgan fingerprint density at radius 2 is 1.78 bits per heavy atom. The number of nitrogens with one attached hydrogen (secondary N) is 2. The van der Waals surface area contributed by atoms with E-state index in [1.54, 1.807) is 37.4 Å². The number of nitrogen functional groups attached to an aromatic ring is 1. The number of nitrogens with zero attached hydrogens (tertiary/aromatic N) is 2. The highest BCUT2D eigenvalue weighted by molar-refractivity contribution is 6.31. The molecule has 1 heterocycles. The van der Waals surface area contributed by atoms with Gasteiger partial charge in [-0.15, -0.1) is 0 Å². The number of anilines is 5. The Balaban J connectivity index is 1.86. The molecule has 0 fully saturated rings. The monoisotopic (exact) mass is 385 g/mol. The molecule has 0 bridgehead atoms. The molecule has 138 valence electrons. The molecule has 0 amide bonds. The third kappa shape index (κ3) is 4.18. The van der Waals surface area contributed by atoms with Gasteiger partial charge in [-0.25, -0.2) is 14.8 Å². The Bertz CT molecular complexity index is 979. The highest BCUT2D eigenvalue weighted by atomic mass is 35.5. The van der Waals surface area contributed by atoms with Crippen molar-refractivity contribution in [1.29, 1.82) is 0 Å². The minimum absolute atomic E-state index is 0.187. The number of halogens is 1. The summed E-state index contributed by atoms with van der Waals surface area (Å²) in [6, 6.07) is 11.3. The van der Waals surface area contributed by atoms with Crippen molar-refractivity contribution in [2.45, 2.75) is 0 Å². The number of nitrogens with two attached hydrogens (primary N) is 1. The summed E-state index contributed by atoms with van der Waals surface area (Å²) in [5.74, 6) is 0.327. The molecule has 0 aliphatic heterocycles. The van der Waals surface area contributed by atoms with Crippen LogP contribution in [0.3, 0.4) is 0 Å². The lowest BCUT2D eigenvalue weighted by atomic mass is 10.2. The molecule has 0 radical (unpaired) electrons. The Morgan fingerprint density at radius 1 is 1.11 bits per heavy atom. The molecule has 0 aliphatic rings. The number of aromatic nitrogens is 2. The quantitative estimate of drug-likeness (QED) is 0.503. The van der Waals surface area contributed by atoms with Crippen molar-refractivity contribution in [2.24, 2.45) is 0 Å². The molecular weight excluding hydrogens is 370 g/mol. The SMILES string of the molecule is COc1ccc(Cl)cc1Nc1ncnc(Nc2ccc(C(=O)O)cc2)c1N. The second kappa shape index (κ2) is 7.79. The molecule has 3 rings (SSSR count). The molecule has 0 saturated heterocycles. The van der Waals surface area contributed by atoms with Gasteiger partial charge in [0.15, 0.2) is 11.6 Å². The van der Waals surface area contributed by atoms with E-state index >= 15 is 0 Å². The normalized spacial score (nSPS) is 10.3. The van der Waals surface area contributed by atoms with Crippen LogP contribution in [0.15, 0.2) is 48.8 Å². The number of methoxy groups -OCH3 is 1. The highest BCUT2D eigenvalue weighted by Gasteiger charge is 2.12. The predicted molar refractivity (Wildman–Crippen MR) is 104 cm³/mol. The summed E-state index contributed by atoms with van der Waals surface area (Å²) >= 11 is 6.04. The van der Waals surface area contributed by atoms with Gasteiger partial charge in [0.25, 0.3) is 0 Å². The zero-order valence-electron chi connectivity index (χ0n) is 14.2. The van der Waals surface area contributed by atoms with Crippen molar-refractivity contribution >= 4 is 46.3 Å². The van der Waals surface area contributed by atoms with Gasteiger partial charge in [0.05, 0.1) is 18.4 Å². The lowest BCUT2D eigenvalue weighted by molar-refractivity contribution is 0.0697. The van der Waals surface area contributed by atoms with Gasteiger partial charge in [-0.3, -0.25) is 0 Å². The molecule has 0 aliphatic carbocycles. The lowest BCUT2D eigenvalue weighted by Crippen LogP contribution is -2.06. The Morgan fingerprint density at radius 3 is 2.41 bits per heavy atom. The summed E-state index contributed by atoms with van der Waals surface area (Å²) in [5.41, 5.74) is 7.87. The standard InChI is InChI=1S/C18H16ClN5O3/c1-27-14-7-4-11(19)8-13(14)24-17-15(20)16(21-9-22-17)23-12-5-2-10(3-6-12)18(25)26/h2-9H,20H2,1H3,(H,25,26)(H2,21,22,23,24). The van der Waals surface area contributed by atoms with Crippen LogP contribution in [0, 0.1) is 0 Å². The van der Waals surface area contributed by atoms with Crippen LogP contribution in [0.5, 0.6) is 5.75 Å². The van der Waals surface area contributed by atoms with E-state index in [-0.39, 0.29) is 11.3 Å². The van der Waals surface area contributed by atoms with Crippen LogP contribution in [0.1, 0.15) is 10.4 Å². The van der Waals surface area contributed by atoms with E-state index in [1.807, 2.05) is 0 Å². The second-order valence-electron chi connectivity index (χ2n) is 5.46. The Hall–Kier alpha value is -3.52. The molecule has 1 aromatic heterocycles. The Kier molecular flexibility index (Phi) is 5.28. The number of aromatic carboxylic acids is 1. The summed E-state index contributed by atoms with van der Waals surface area (Å²) < 4.78 is 5.30. The van der Waals surface area contributed by atoms with Gasteiger partial charge in [-0.2, -0.15) is 0 Å². The van der Waals surface area contributed by atoms with Crippen molar-refractivity contribution in [3.05, 3.63) is 59.4 Å². The predicted octanol–water partition coefficient (Wildman–Crippen LogP) is 3.91. The number of rotatable bonds is 6. The van der Waals surface area contributed by atoms with Crippen LogP contribution in [0.2, 0.25) is 5.02 Å². The number of carboxylic acids is 1. The Labute approximate surface area is 160 Å². The highest BCUT2D eigenvalue weighted by Crippen LogP contribution is 2.33. The summed E-state index contributed by atoms with van der Waals surface area (Å²) in [6.45, 7) is 0. The van der Waals surface area contributed by atoms with E-state index in [9.17, 15) is 4.79 Å². The van der Waals surface area contributed by atoms with Gasteiger partial charge in [0.2, 0.25) is 0 Å². The van der Waals surface area contributed by atoms with E-state index in [0.29, 0.717) is 33.8 Å². The fraction of sp³-hybridized carbons (Fsp3) is 0.0556. The molecule has 2 aromatic carbocycles. The van der Waals surface area contributed by atoms with E-state index in [4.69, 9.17) is 27.2 Å². The molecule has 0 saturated carbocycles. The van der Waals surface area contributed by atoms with E-state index < -0.39 is 5.97 Å². The second-order valence-corrected chi connectivity index (χ2v) is 5.90. The topological polar surface area (TPSA) is 122 Å². The fourth-order valence-electron chi connectivity index (χ4n) is 2.33. The van der Waals surface area contributed by atoms with Crippen LogP contribution in [-0.4, -0.2) is 28.2 Å². The van der Waals surface area contributed by atoms with Gasteiger partial charge in [-0.1, -0.05) is 11.6 Å². The summed E-state index contributed by atoms with van der Waals surface area (Å²) in [7, 11) is 1.55. The first-order chi connectivity index (χ1) is 13.0. The molecule has 0 atom stereocenters. The van der Waals surface area contributed by atoms with Crippen molar-refractivity contribution in [2.75, 3.05) is 23.5 Å². The van der Waals surface area contributed by atoms with Crippen molar-refractivity contribution in [3.8, 4) is 5.75 Å². The number of hydrogen-bond acceptors (Lipinski definition) is 7. The zero-order chi connectivity index (χ0) is 19.4. The molecule has 0 spiro atoms. The third-order valence-electron chi connectivity index (χ3n) is 3.69. The van der Waals surface area contributed by atoms with Gasteiger partial charge in [-0.05, 0) is 42.5 Å². The molecule has 9 heteroatoms. The third-order valence-corrected chi connectivity index (χ3v) is 3.93. The van der Waals surface area contributed by atoms with E-state index in [0.717, 1.165) is 0 Å². The maximum Gasteiger partial charge on any atom is 0.335 e. The van der Waals surface area contributed by atoms with Gasteiger partial charge >= 0.3 is 5.97 Å². The van der Waals surface area contributed by atoms with Crippen LogP contribution in [0.4, 0.5) is 28.7 Å². The first-order valence-electron chi connectivity index (χ1n) is 7.79. The fourth-order valence-corrected chi connectivity index (χ4v) is 2.51. The molecule has 0 unspecified atom stereocenters. The first kappa shape index (κ1) is 18.3. The maximum absolute atomic E-state index is 10.9. The number of benzene rings is 2. The summed E-state index contributed by atoms with van der Waals surface area (Å²) in [5, 5.41) is 15.6. The van der Waals surface area contributed by atoms with Crippen LogP contribution >= 0.6 is 11.6 Å². The number of ether oxygens (including phenoxy) is 1. The summed E-state index contributed by atoms with van der Waals surface area (Å²) in [4.78, 5) is 19.2. The van der Waals surface area contributed by atoms with Crippen LogP contribution < -0.4 is 21.1 Å². The van der Waals surface area contributed by atoms with E-state index in [2.05, 4.69) is 20.6 Å². The smallest absolute Gasteiger partial charge is 0.335 e. The minimum Gasteiger partial charge on any atom is -0.495 e. The number of hydrogen-bond donors (Lipinski definition) is 4. The molecule has 3 aromatic rings. The van der Waals surface area contributed by atoms with Crippen molar-refractivity contribution in [1.82, 2.24) is 9.97 Å². The zero-order valence-corrected chi connectivity index (χ0v) is 15.0. The van der Waals surface area contributed by atoms with Crippen LogP contribution in [0.25, 0.3) is 0 Å². The first-order valence-corrected chi connectivity index (χ1v) is 8.17. The van der Waals surface area contributed by atoms with Gasteiger partial charge in [0, 0.05) is 10.7 Å². The van der Waals surface area contributed by atoms with Crippen molar-refractivity contribution in [3.63, 3.8) is 0 Å². The molecule has 5 N–H and O–H groups in total. The number of carbonyl (C=O) groups is 1. The average molecular weight is 386 g/mol. The molecule has 27 heavy (non-hydrogen) atoms. The molecular formula is C18H16ClN5O3. The minimum atomic E-state index is -0.995. The lowest BCUT2D eigenvalue weighted by Gasteiger charge is -2.14. The maximum atomic E-state index is 10.9. The van der Waals surface area contributed by atoms with Gasteiger partial charge < -0.3 is 26.2 Å². The number of carboxylic acid groups (broad SMARTS) is 1. The van der Waals surface area contributed by atoms with Gasteiger partial charge in [0.1, 0.15) is 17.8 Å².